The Kier molecular flexibility index (Phi) is 4.22. The number of H-pyrrole nitrogens is 2. The lowest BCUT2D eigenvalue weighted by Crippen LogP contribution is -2.31. The van der Waals surface area contributed by atoms with Gasteiger partial charge < -0.3 is 4.90 Å². The second kappa shape index (κ2) is 6.35. The van der Waals surface area contributed by atoms with E-state index < -0.39 is 11.2 Å². The van der Waals surface area contributed by atoms with Gasteiger partial charge in [-0.3, -0.25) is 19.6 Å². The summed E-state index contributed by atoms with van der Waals surface area (Å²) in [7, 11) is 1.70. The van der Waals surface area contributed by atoms with Gasteiger partial charge in [-0.05, 0) is 31.0 Å². The molecule has 0 radical (unpaired) electrons. The number of carbonyl (C=O) groups excluding carboxylic acids is 1. The zero-order valence-electron chi connectivity index (χ0n) is 14.2. The van der Waals surface area contributed by atoms with Gasteiger partial charge in [-0.2, -0.15) is 0 Å². The number of nitrogens with zero attached hydrogens (tertiary/aromatic N) is 2. The molecule has 1 atom stereocenters. The number of carbonyl (C=O) groups is 1. The third-order valence-corrected chi connectivity index (χ3v) is 4.31. The summed E-state index contributed by atoms with van der Waals surface area (Å²) in [5.74, 6) is -0.289. The first-order valence-corrected chi connectivity index (χ1v) is 7.84. The Labute approximate surface area is 143 Å². The molecule has 25 heavy (non-hydrogen) atoms. The van der Waals surface area contributed by atoms with Crippen LogP contribution >= 0.6 is 0 Å². The number of aromatic nitrogens is 3. The highest BCUT2D eigenvalue weighted by atomic mass is 16.2. The lowest BCUT2D eigenvalue weighted by Gasteiger charge is -2.25. The van der Waals surface area contributed by atoms with Crippen molar-refractivity contribution in [3.05, 3.63) is 74.1 Å². The Morgan fingerprint density at radius 3 is 2.52 bits per heavy atom. The van der Waals surface area contributed by atoms with Crippen LogP contribution in [0, 0.1) is 6.92 Å². The van der Waals surface area contributed by atoms with E-state index in [1.54, 1.807) is 24.9 Å². The van der Waals surface area contributed by atoms with Crippen LogP contribution in [0.1, 0.15) is 34.6 Å². The van der Waals surface area contributed by atoms with Crippen molar-refractivity contribution < 1.29 is 4.79 Å². The van der Waals surface area contributed by atoms with E-state index in [1.807, 2.05) is 37.3 Å². The molecule has 7 nitrogen and oxygen atoms in total. The van der Waals surface area contributed by atoms with Gasteiger partial charge in [-0.1, -0.05) is 30.3 Å². The van der Waals surface area contributed by atoms with E-state index in [-0.39, 0.29) is 28.7 Å². The van der Waals surface area contributed by atoms with Crippen molar-refractivity contribution >= 4 is 16.9 Å². The summed E-state index contributed by atoms with van der Waals surface area (Å²) in [4.78, 5) is 46.6. The molecule has 1 aromatic carbocycles. The molecule has 3 rings (SSSR count). The Hall–Kier alpha value is -3.22. The number of hydrogen-bond donors (Lipinski definition) is 2. The van der Waals surface area contributed by atoms with Gasteiger partial charge in [-0.25, -0.2) is 9.78 Å². The predicted octanol–water partition coefficient (Wildman–Crippen LogP) is 1.75. The smallest absolute Gasteiger partial charge is 0.327 e. The maximum Gasteiger partial charge on any atom is 0.327 e. The van der Waals surface area contributed by atoms with Crippen molar-refractivity contribution in [3.8, 4) is 0 Å². The molecule has 0 bridgehead atoms. The van der Waals surface area contributed by atoms with Crippen molar-refractivity contribution in [2.45, 2.75) is 19.9 Å². The largest absolute Gasteiger partial charge is 0.334 e. The van der Waals surface area contributed by atoms with Crippen LogP contribution in [0.2, 0.25) is 0 Å². The number of amides is 1. The Balaban J connectivity index is 2.02. The quantitative estimate of drug-likeness (QED) is 0.760. The standard InChI is InChI=1S/C18H18N4O3/c1-10-9-13(19-15-14(10)16(23)21-18(25)20-15)17(24)22(3)11(2)12-7-5-4-6-8-12/h4-9,11H,1-3H3,(H2,19,20,21,23,25). The highest BCUT2D eigenvalue weighted by Gasteiger charge is 2.21. The van der Waals surface area contributed by atoms with E-state index in [9.17, 15) is 14.4 Å². The van der Waals surface area contributed by atoms with Gasteiger partial charge in [0, 0.05) is 7.05 Å². The summed E-state index contributed by atoms with van der Waals surface area (Å²) in [6.45, 7) is 3.63. The van der Waals surface area contributed by atoms with Crippen LogP contribution in [-0.4, -0.2) is 32.8 Å². The lowest BCUT2D eigenvalue weighted by atomic mass is 10.1. The zero-order chi connectivity index (χ0) is 18.1. The van der Waals surface area contributed by atoms with Gasteiger partial charge >= 0.3 is 5.69 Å². The van der Waals surface area contributed by atoms with Crippen LogP contribution in [0.15, 0.2) is 46.0 Å². The molecule has 0 aliphatic carbocycles. The second-order valence-electron chi connectivity index (χ2n) is 5.96. The summed E-state index contributed by atoms with van der Waals surface area (Å²) in [5.41, 5.74) is 0.690. The van der Waals surface area contributed by atoms with E-state index in [1.165, 1.54) is 0 Å². The first kappa shape index (κ1) is 16.6. The highest BCUT2D eigenvalue weighted by Crippen LogP contribution is 2.21. The van der Waals surface area contributed by atoms with Crippen molar-refractivity contribution in [3.63, 3.8) is 0 Å². The number of rotatable bonds is 3. The van der Waals surface area contributed by atoms with E-state index >= 15 is 0 Å². The topological polar surface area (TPSA) is 98.9 Å². The molecule has 0 saturated heterocycles. The number of hydrogen-bond acceptors (Lipinski definition) is 4. The van der Waals surface area contributed by atoms with Crippen LogP contribution in [0.25, 0.3) is 11.0 Å². The minimum atomic E-state index is -0.653. The van der Waals surface area contributed by atoms with Gasteiger partial charge in [0.05, 0.1) is 11.4 Å². The van der Waals surface area contributed by atoms with Crippen molar-refractivity contribution in [2.75, 3.05) is 7.05 Å². The molecule has 1 unspecified atom stereocenters. The van der Waals surface area contributed by atoms with Gasteiger partial charge in [0.15, 0.2) is 0 Å². The van der Waals surface area contributed by atoms with Crippen molar-refractivity contribution in [1.82, 2.24) is 19.9 Å². The number of aryl methyl sites for hydroxylation is 1. The fourth-order valence-electron chi connectivity index (χ4n) is 2.78. The monoisotopic (exact) mass is 338 g/mol. The van der Waals surface area contributed by atoms with Crippen molar-refractivity contribution in [2.24, 2.45) is 0 Å². The minimum Gasteiger partial charge on any atom is -0.334 e. The molecular weight excluding hydrogens is 320 g/mol. The Bertz CT molecular complexity index is 1050. The first-order chi connectivity index (χ1) is 11.9. The highest BCUT2D eigenvalue weighted by molar-refractivity contribution is 5.95. The van der Waals surface area contributed by atoms with Gasteiger partial charge in [0.1, 0.15) is 11.3 Å². The molecule has 0 fully saturated rings. The van der Waals surface area contributed by atoms with Crippen LogP contribution in [0.3, 0.4) is 0 Å². The van der Waals surface area contributed by atoms with Crippen LogP contribution in [-0.2, 0) is 0 Å². The summed E-state index contributed by atoms with van der Waals surface area (Å²) >= 11 is 0. The second-order valence-corrected chi connectivity index (χ2v) is 5.96. The maximum atomic E-state index is 12.8. The molecule has 2 aromatic heterocycles. The van der Waals surface area contributed by atoms with Crippen LogP contribution in [0.5, 0.6) is 0 Å². The summed E-state index contributed by atoms with van der Waals surface area (Å²) in [5, 5.41) is 0.273. The average molecular weight is 338 g/mol. The number of benzene rings is 1. The molecule has 2 heterocycles. The third kappa shape index (κ3) is 3.08. The first-order valence-electron chi connectivity index (χ1n) is 7.84. The SMILES string of the molecule is Cc1cc(C(=O)N(C)C(C)c2ccccc2)nc2[nH]c(=O)[nH]c(=O)c12. The third-order valence-electron chi connectivity index (χ3n) is 4.31. The molecule has 3 aromatic rings. The summed E-state index contributed by atoms with van der Waals surface area (Å²) in [6, 6.07) is 11.1. The van der Waals surface area contributed by atoms with Crippen LogP contribution in [0.4, 0.5) is 0 Å². The van der Waals surface area contributed by atoms with E-state index in [2.05, 4.69) is 15.0 Å². The molecule has 0 aliphatic rings. The number of aromatic amines is 2. The lowest BCUT2D eigenvalue weighted by molar-refractivity contribution is 0.0737. The Morgan fingerprint density at radius 1 is 1.16 bits per heavy atom. The normalized spacial score (nSPS) is 12.1. The average Bonchev–Trinajstić information content (AvgIpc) is 2.59. The minimum absolute atomic E-state index is 0.109. The summed E-state index contributed by atoms with van der Waals surface area (Å²) in [6.07, 6.45) is 0. The Morgan fingerprint density at radius 2 is 1.84 bits per heavy atom. The fourth-order valence-corrected chi connectivity index (χ4v) is 2.78. The fraction of sp³-hybridized carbons (Fsp3) is 0.222. The number of fused-ring (bicyclic) bond motifs is 1. The summed E-state index contributed by atoms with van der Waals surface area (Å²) < 4.78 is 0. The molecule has 128 valence electrons. The van der Waals surface area contributed by atoms with E-state index in [0.717, 1.165) is 5.56 Å². The molecular formula is C18H18N4O3. The molecule has 0 aliphatic heterocycles. The molecule has 1 amide bonds. The van der Waals surface area contributed by atoms with Crippen molar-refractivity contribution in [1.29, 1.82) is 0 Å². The van der Waals surface area contributed by atoms with Gasteiger partial charge in [0.2, 0.25) is 0 Å². The zero-order valence-corrected chi connectivity index (χ0v) is 14.2. The number of pyridine rings is 1. The van der Waals surface area contributed by atoms with E-state index in [0.29, 0.717) is 5.56 Å². The molecule has 7 heteroatoms. The van der Waals surface area contributed by atoms with E-state index in [4.69, 9.17) is 0 Å². The predicted molar refractivity (Wildman–Crippen MR) is 94.7 cm³/mol. The van der Waals surface area contributed by atoms with Gasteiger partial charge in [-0.15, -0.1) is 0 Å². The molecule has 0 saturated carbocycles. The molecule has 0 spiro atoms. The molecule has 2 N–H and O–H groups in total. The van der Waals surface area contributed by atoms with Gasteiger partial charge in [0.25, 0.3) is 11.5 Å². The van der Waals surface area contributed by atoms with Crippen LogP contribution < -0.4 is 11.2 Å². The number of nitrogens with one attached hydrogen (secondary N) is 2. The maximum absolute atomic E-state index is 12.8.